The summed E-state index contributed by atoms with van der Waals surface area (Å²) in [6.07, 6.45) is 1.15. The second-order valence-electron chi connectivity index (χ2n) is 6.38. The van der Waals surface area contributed by atoms with E-state index < -0.39 is 6.10 Å². The van der Waals surface area contributed by atoms with Gasteiger partial charge in [-0.3, -0.25) is 4.79 Å². The summed E-state index contributed by atoms with van der Waals surface area (Å²) in [6.45, 7) is 8.68. The molecule has 1 amide bonds. The summed E-state index contributed by atoms with van der Waals surface area (Å²) < 4.78 is 11.2. The van der Waals surface area contributed by atoms with Gasteiger partial charge in [0.05, 0.1) is 12.0 Å². The molecule has 0 bridgehead atoms. The van der Waals surface area contributed by atoms with E-state index in [9.17, 15) is 4.79 Å². The minimum atomic E-state index is -0.519. The van der Waals surface area contributed by atoms with Crippen LogP contribution < -0.4 is 10.1 Å². The maximum Gasteiger partial charge on any atom is 0.260 e. The number of thioether (sulfide) groups is 1. The van der Waals surface area contributed by atoms with Crippen LogP contribution in [0.2, 0.25) is 0 Å². The Kier molecular flexibility index (Phi) is 7.44. The molecule has 1 heterocycles. The maximum absolute atomic E-state index is 12.2. The van der Waals surface area contributed by atoms with Crippen molar-refractivity contribution < 1.29 is 13.9 Å². The molecule has 2 rings (SSSR count). The third-order valence-corrected chi connectivity index (χ3v) is 4.82. The summed E-state index contributed by atoms with van der Waals surface area (Å²) in [6, 6.07) is 9.98. The molecule has 0 aliphatic rings. The lowest BCUT2D eigenvalue weighted by Crippen LogP contribution is -2.37. The molecule has 5 heteroatoms. The lowest BCUT2D eigenvalue weighted by molar-refractivity contribution is -0.127. The van der Waals surface area contributed by atoms with Crippen LogP contribution in [0, 0.1) is 6.92 Å². The Balaban J connectivity index is 1.77. The lowest BCUT2D eigenvalue weighted by Gasteiger charge is -2.19. The molecule has 1 aromatic heterocycles. The quantitative estimate of drug-likeness (QED) is 0.667. The van der Waals surface area contributed by atoms with Gasteiger partial charge in [-0.2, -0.15) is 11.8 Å². The van der Waals surface area contributed by atoms with Crippen LogP contribution in [0.15, 0.2) is 41.0 Å². The van der Waals surface area contributed by atoms with Gasteiger partial charge in [-0.1, -0.05) is 26.0 Å². The second-order valence-corrected chi connectivity index (χ2v) is 7.48. The number of carbonyl (C=O) groups excluding carboxylic acids is 1. The summed E-state index contributed by atoms with van der Waals surface area (Å²) in [7, 11) is 0. The summed E-state index contributed by atoms with van der Waals surface area (Å²) in [5, 5.41) is 2.93. The van der Waals surface area contributed by atoms with Crippen molar-refractivity contribution in [1.82, 2.24) is 5.32 Å². The molecule has 0 aliphatic carbocycles. The second kappa shape index (κ2) is 9.56. The van der Waals surface area contributed by atoms with E-state index >= 15 is 0 Å². The van der Waals surface area contributed by atoms with Crippen molar-refractivity contribution in [3.63, 3.8) is 0 Å². The van der Waals surface area contributed by atoms with Crippen molar-refractivity contribution in [3.8, 4) is 5.75 Å². The largest absolute Gasteiger partial charge is 0.481 e. The minimum Gasteiger partial charge on any atom is -0.481 e. The van der Waals surface area contributed by atoms with E-state index in [1.54, 1.807) is 24.9 Å². The lowest BCUT2D eigenvalue weighted by atomic mass is 10.0. The molecule has 1 aromatic carbocycles. The van der Waals surface area contributed by atoms with E-state index in [1.165, 1.54) is 0 Å². The number of furan rings is 1. The normalized spacial score (nSPS) is 12.2. The molecular weight excluding hydrogens is 334 g/mol. The molecule has 0 aliphatic heterocycles. The SMILES string of the molecule is Cc1ccc(C(C)C)c(OC(C)C(=O)NCCSCc2ccco2)c1. The highest BCUT2D eigenvalue weighted by Gasteiger charge is 2.17. The Labute approximate surface area is 154 Å². The molecule has 136 valence electrons. The monoisotopic (exact) mass is 361 g/mol. The molecule has 25 heavy (non-hydrogen) atoms. The van der Waals surface area contributed by atoms with Gasteiger partial charge in [0, 0.05) is 12.3 Å². The topological polar surface area (TPSA) is 51.5 Å². The molecule has 1 unspecified atom stereocenters. The first-order valence-electron chi connectivity index (χ1n) is 8.62. The van der Waals surface area contributed by atoms with Crippen LogP contribution in [0.1, 0.15) is 43.6 Å². The Morgan fingerprint density at radius 2 is 2.08 bits per heavy atom. The third kappa shape index (κ3) is 6.16. The Morgan fingerprint density at radius 1 is 1.28 bits per heavy atom. The summed E-state index contributed by atoms with van der Waals surface area (Å²) in [5.74, 6) is 3.66. The van der Waals surface area contributed by atoms with Crippen molar-refractivity contribution in [2.75, 3.05) is 12.3 Å². The van der Waals surface area contributed by atoms with E-state index in [0.29, 0.717) is 12.5 Å². The average Bonchev–Trinajstić information content (AvgIpc) is 3.07. The molecule has 1 N–H and O–H groups in total. The Hall–Kier alpha value is -1.88. The number of nitrogens with one attached hydrogen (secondary N) is 1. The van der Waals surface area contributed by atoms with Gasteiger partial charge in [0.1, 0.15) is 11.5 Å². The van der Waals surface area contributed by atoms with Crippen LogP contribution in [-0.4, -0.2) is 24.3 Å². The van der Waals surface area contributed by atoms with Crippen molar-refractivity contribution >= 4 is 17.7 Å². The van der Waals surface area contributed by atoms with Gasteiger partial charge in [0.15, 0.2) is 6.10 Å². The fourth-order valence-electron chi connectivity index (χ4n) is 2.42. The van der Waals surface area contributed by atoms with Crippen molar-refractivity contribution in [2.45, 2.75) is 45.5 Å². The van der Waals surface area contributed by atoms with Crippen LogP contribution >= 0.6 is 11.8 Å². The molecule has 0 radical (unpaired) electrons. The molecule has 0 saturated heterocycles. The predicted molar refractivity (Wildman–Crippen MR) is 103 cm³/mol. The average molecular weight is 362 g/mol. The first-order chi connectivity index (χ1) is 12.0. The Morgan fingerprint density at radius 3 is 2.76 bits per heavy atom. The summed E-state index contributed by atoms with van der Waals surface area (Å²) in [4.78, 5) is 12.2. The highest BCUT2D eigenvalue weighted by molar-refractivity contribution is 7.98. The fraction of sp³-hybridized carbons (Fsp3) is 0.450. The number of carbonyl (C=O) groups is 1. The number of hydrogen-bond donors (Lipinski definition) is 1. The number of benzene rings is 1. The van der Waals surface area contributed by atoms with E-state index in [4.69, 9.17) is 9.15 Å². The van der Waals surface area contributed by atoms with Gasteiger partial charge in [0.2, 0.25) is 0 Å². The molecule has 1 atom stereocenters. The minimum absolute atomic E-state index is 0.0881. The molecule has 4 nitrogen and oxygen atoms in total. The standard InChI is InChI=1S/C20H27NO3S/c1-14(2)18-8-7-15(3)12-19(18)24-16(4)20(22)21-9-11-25-13-17-6-5-10-23-17/h5-8,10,12,14,16H,9,11,13H2,1-4H3,(H,21,22). The molecular formula is C20H27NO3S. The van der Waals surface area contributed by atoms with Gasteiger partial charge in [-0.15, -0.1) is 0 Å². The fourth-order valence-corrected chi connectivity index (χ4v) is 3.18. The van der Waals surface area contributed by atoms with Crippen molar-refractivity contribution in [3.05, 3.63) is 53.5 Å². The van der Waals surface area contributed by atoms with Crippen LogP contribution in [0.25, 0.3) is 0 Å². The van der Waals surface area contributed by atoms with Gasteiger partial charge in [0.25, 0.3) is 5.91 Å². The molecule has 0 fully saturated rings. The number of rotatable bonds is 9. The number of aryl methyl sites for hydroxylation is 1. The first-order valence-corrected chi connectivity index (χ1v) is 9.78. The van der Waals surface area contributed by atoms with Gasteiger partial charge in [-0.05, 0) is 49.1 Å². The zero-order valence-electron chi connectivity index (χ0n) is 15.4. The zero-order chi connectivity index (χ0) is 18.2. The summed E-state index contributed by atoms with van der Waals surface area (Å²) >= 11 is 1.73. The molecule has 0 saturated carbocycles. The van der Waals surface area contributed by atoms with E-state index in [-0.39, 0.29) is 5.91 Å². The Bertz CT molecular complexity index is 668. The van der Waals surface area contributed by atoms with E-state index in [1.807, 2.05) is 25.1 Å². The first kappa shape index (κ1) is 19.4. The van der Waals surface area contributed by atoms with Gasteiger partial charge >= 0.3 is 0 Å². The third-order valence-electron chi connectivity index (χ3n) is 3.83. The smallest absolute Gasteiger partial charge is 0.260 e. The maximum atomic E-state index is 12.2. The molecule has 0 spiro atoms. The van der Waals surface area contributed by atoms with E-state index in [0.717, 1.165) is 34.1 Å². The van der Waals surface area contributed by atoms with Gasteiger partial charge in [-0.25, -0.2) is 0 Å². The number of amides is 1. The van der Waals surface area contributed by atoms with Crippen LogP contribution in [-0.2, 0) is 10.5 Å². The number of hydrogen-bond acceptors (Lipinski definition) is 4. The van der Waals surface area contributed by atoms with Crippen molar-refractivity contribution in [1.29, 1.82) is 0 Å². The number of ether oxygens (including phenoxy) is 1. The summed E-state index contributed by atoms with van der Waals surface area (Å²) in [5.41, 5.74) is 2.25. The predicted octanol–water partition coefficient (Wildman–Crippen LogP) is 4.53. The van der Waals surface area contributed by atoms with Crippen LogP contribution in [0.3, 0.4) is 0 Å². The van der Waals surface area contributed by atoms with Crippen molar-refractivity contribution in [2.24, 2.45) is 0 Å². The van der Waals surface area contributed by atoms with Crippen LogP contribution in [0.4, 0.5) is 0 Å². The highest BCUT2D eigenvalue weighted by atomic mass is 32.2. The van der Waals surface area contributed by atoms with Crippen LogP contribution in [0.5, 0.6) is 5.75 Å². The van der Waals surface area contributed by atoms with E-state index in [2.05, 4.69) is 31.3 Å². The molecule has 2 aromatic rings. The highest BCUT2D eigenvalue weighted by Crippen LogP contribution is 2.28. The zero-order valence-corrected chi connectivity index (χ0v) is 16.2. The van der Waals surface area contributed by atoms with Gasteiger partial charge < -0.3 is 14.5 Å².